The van der Waals surface area contributed by atoms with E-state index in [0.29, 0.717) is 47.2 Å². The Morgan fingerprint density at radius 1 is 1.20 bits per heavy atom. The Morgan fingerprint density at radius 3 is 2.67 bits per heavy atom. The van der Waals surface area contributed by atoms with E-state index in [1.165, 1.54) is 0 Å². The van der Waals surface area contributed by atoms with E-state index in [4.69, 9.17) is 14.2 Å². The molecule has 7 heteroatoms. The molecule has 0 saturated heterocycles. The lowest BCUT2D eigenvalue weighted by Crippen LogP contribution is -2.24. The van der Waals surface area contributed by atoms with Gasteiger partial charge in [0.2, 0.25) is 24.2 Å². The van der Waals surface area contributed by atoms with Crippen LogP contribution in [-0.4, -0.2) is 44.1 Å². The summed E-state index contributed by atoms with van der Waals surface area (Å²) < 4.78 is 16.7. The normalized spacial score (nSPS) is 14.5. The minimum Gasteiger partial charge on any atom is -0.492 e. The molecule has 1 N–H and O–H groups in total. The Hall–Kier alpha value is -3.48. The first-order valence-electron chi connectivity index (χ1n) is 9.88. The molecule has 2 aliphatic heterocycles. The molecule has 2 aromatic rings. The molecule has 30 heavy (non-hydrogen) atoms. The van der Waals surface area contributed by atoms with E-state index < -0.39 is 0 Å². The fourth-order valence-electron chi connectivity index (χ4n) is 3.64. The van der Waals surface area contributed by atoms with Gasteiger partial charge >= 0.3 is 0 Å². The highest BCUT2D eigenvalue weighted by molar-refractivity contribution is 6.11. The van der Waals surface area contributed by atoms with Gasteiger partial charge in [-0.2, -0.15) is 0 Å². The van der Waals surface area contributed by atoms with E-state index >= 15 is 0 Å². The summed E-state index contributed by atoms with van der Waals surface area (Å²) in [7, 11) is 3.49. The number of anilines is 1. The fourth-order valence-corrected chi connectivity index (χ4v) is 3.64. The average Bonchev–Trinajstić information content (AvgIpc) is 3.16. The third kappa shape index (κ3) is 3.58. The number of amides is 1. The third-order valence-corrected chi connectivity index (χ3v) is 5.34. The van der Waals surface area contributed by atoms with Crippen LogP contribution in [-0.2, 0) is 11.2 Å². The van der Waals surface area contributed by atoms with Gasteiger partial charge in [0.15, 0.2) is 11.5 Å². The molecule has 1 amide bonds. The number of hydrogen-bond donors (Lipinski definition) is 1. The van der Waals surface area contributed by atoms with E-state index in [1.807, 2.05) is 24.1 Å². The molecule has 0 radical (unpaired) electrons. The van der Waals surface area contributed by atoms with E-state index in [1.54, 1.807) is 38.3 Å². The van der Waals surface area contributed by atoms with Crippen LogP contribution in [0.5, 0.6) is 17.2 Å². The number of hydrogen-bond acceptors (Lipinski definition) is 6. The topological polar surface area (TPSA) is 77.1 Å². The molecule has 0 bridgehead atoms. The molecule has 2 aliphatic rings. The first-order chi connectivity index (χ1) is 14.5. The summed E-state index contributed by atoms with van der Waals surface area (Å²) in [6.07, 6.45) is 3.00. The molecular weight excluding hydrogens is 384 g/mol. The van der Waals surface area contributed by atoms with E-state index in [-0.39, 0.29) is 18.5 Å². The number of allylic oxidation sites excluding steroid dienone is 1. The second-order valence-corrected chi connectivity index (χ2v) is 7.23. The monoisotopic (exact) mass is 408 g/mol. The van der Waals surface area contributed by atoms with Crippen LogP contribution in [0.4, 0.5) is 5.69 Å². The number of carbonyl (C=O) groups excluding carboxylic acids is 2. The largest absolute Gasteiger partial charge is 0.492 e. The summed E-state index contributed by atoms with van der Waals surface area (Å²) in [5.41, 5.74) is 3.66. The van der Waals surface area contributed by atoms with Crippen molar-refractivity contribution in [1.29, 1.82) is 0 Å². The number of methoxy groups -OCH3 is 1. The van der Waals surface area contributed by atoms with Gasteiger partial charge in [-0.25, -0.2) is 0 Å². The zero-order valence-electron chi connectivity index (χ0n) is 17.3. The molecule has 2 aromatic carbocycles. The highest BCUT2D eigenvalue weighted by Gasteiger charge is 2.28. The summed E-state index contributed by atoms with van der Waals surface area (Å²) in [6.45, 7) is 2.63. The van der Waals surface area contributed by atoms with E-state index in [2.05, 4.69) is 5.32 Å². The van der Waals surface area contributed by atoms with Gasteiger partial charge in [-0.1, -0.05) is 6.92 Å². The first kappa shape index (κ1) is 19.8. The maximum atomic E-state index is 13.3. The summed E-state index contributed by atoms with van der Waals surface area (Å²) in [5, 5.41) is 2.79. The number of carbonyl (C=O) groups is 2. The van der Waals surface area contributed by atoms with Crippen molar-refractivity contribution in [2.75, 3.05) is 32.8 Å². The van der Waals surface area contributed by atoms with Gasteiger partial charge < -0.3 is 24.4 Å². The van der Waals surface area contributed by atoms with Gasteiger partial charge in [-0.05, 0) is 48.4 Å². The fraction of sp³-hybridized carbons (Fsp3) is 0.304. The highest BCUT2D eigenvalue weighted by atomic mass is 16.7. The van der Waals surface area contributed by atoms with Crippen LogP contribution in [0.15, 0.2) is 36.0 Å². The van der Waals surface area contributed by atoms with Crippen molar-refractivity contribution in [3.63, 3.8) is 0 Å². The quantitative estimate of drug-likeness (QED) is 0.764. The van der Waals surface area contributed by atoms with Crippen LogP contribution in [0.25, 0.3) is 6.08 Å². The van der Waals surface area contributed by atoms with Crippen molar-refractivity contribution in [1.82, 2.24) is 4.90 Å². The molecule has 2 heterocycles. The summed E-state index contributed by atoms with van der Waals surface area (Å²) in [4.78, 5) is 26.8. The number of Topliss-reactive ketones (excluding diaryl/α,β-unsaturated/α-hetero) is 1. The Morgan fingerprint density at radius 2 is 1.97 bits per heavy atom. The SMILES string of the molecule is CCC(=O)Nc1ccc(C(=O)C2=Cc3c(cc4c(c3OC)OCO4)CCN2C)cc1. The number of ketones is 1. The van der Waals surface area contributed by atoms with Crippen molar-refractivity contribution < 1.29 is 23.8 Å². The molecular formula is C23H24N2O5. The Kier molecular flexibility index (Phi) is 5.35. The van der Waals surface area contributed by atoms with Crippen LogP contribution < -0.4 is 19.5 Å². The summed E-state index contributed by atoms with van der Waals surface area (Å²) in [5.74, 6) is 1.65. The number of likely N-dealkylation sites (N-methyl/N-ethyl adjacent to an activating group) is 1. The zero-order chi connectivity index (χ0) is 21.3. The predicted molar refractivity (Wildman–Crippen MR) is 113 cm³/mol. The zero-order valence-corrected chi connectivity index (χ0v) is 17.3. The van der Waals surface area contributed by atoms with Gasteiger partial charge in [-0.15, -0.1) is 0 Å². The Labute approximate surface area is 175 Å². The lowest BCUT2D eigenvalue weighted by molar-refractivity contribution is -0.115. The van der Waals surface area contributed by atoms with E-state index in [9.17, 15) is 9.59 Å². The number of rotatable bonds is 5. The van der Waals surface area contributed by atoms with Gasteiger partial charge in [0.05, 0.1) is 12.8 Å². The predicted octanol–water partition coefficient (Wildman–Crippen LogP) is 3.48. The Balaban J connectivity index is 1.70. The lowest BCUT2D eigenvalue weighted by Gasteiger charge is -2.20. The molecule has 0 aliphatic carbocycles. The highest BCUT2D eigenvalue weighted by Crippen LogP contribution is 2.46. The number of nitrogens with one attached hydrogen (secondary N) is 1. The van der Waals surface area contributed by atoms with Crippen LogP contribution in [0.3, 0.4) is 0 Å². The maximum Gasteiger partial charge on any atom is 0.231 e. The molecule has 0 atom stereocenters. The van der Waals surface area contributed by atoms with Crippen LogP contribution >= 0.6 is 0 Å². The first-order valence-corrected chi connectivity index (χ1v) is 9.88. The minimum atomic E-state index is -0.0987. The maximum absolute atomic E-state index is 13.3. The standard InChI is InChI=1S/C23H24N2O5/c1-4-20(26)24-16-7-5-14(6-8-16)21(27)18-12-17-15(9-10-25(18)2)11-19-23(22(17)28-3)30-13-29-19/h5-8,11-12H,4,9-10,13H2,1-3H3,(H,24,26). The molecule has 0 aromatic heterocycles. The average molecular weight is 408 g/mol. The molecule has 0 fully saturated rings. The third-order valence-electron chi connectivity index (χ3n) is 5.34. The minimum absolute atomic E-state index is 0.0669. The molecule has 4 rings (SSSR count). The smallest absolute Gasteiger partial charge is 0.231 e. The van der Waals surface area contributed by atoms with Gasteiger partial charge in [0, 0.05) is 36.8 Å². The summed E-state index contributed by atoms with van der Waals surface area (Å²) in [6, 6.07) is 8.90. The molecule has 0 spiro atoms. The van der Waals surface area contributed by atoms with Crippen molar-refractivity contribution >= 4 is 23.5 Å². The number of ether oxygens (including phenoxy) is 3. The second kappa shape index (κ2) is 8.10. The molecule has 7 nitrogen and oxygen atoms in total. The van der Waals surface area contributed by atoms with Crippen molar-refractivity contribution in [2.24, 2.45) is 0 Å². The van der Waals surface area contributed by atoms with Crippen LogP contribution in [0.2, 0.25) is 0 Å². The molecule has 0 unspecified atom stereocenters. The summed E-state index contributed by atoms with van der Waals surface area (Å²) >= 11 is 0. The lowest BCUT2D eigenvalue weighted by atomic mass is 10.0. The number of nitrogens with zero attached hydrogens (tertiary/aromatic N) is 1. The van der Waals surface area contributed by atoms with Gasteiger partial charge in [-0.3, -0.25) is 9.59 Å². The Bertz CT molecular complexity index is 1030. The second-order valence-electron chi connectivity index (χ2n) is 7.23. The molecule has 0 saturated carbocycles. The van der Waals surface area contributed by atoms with Crippen molar-refractivity contribution in [3.8, 4) is 17.2 Å². The molecule has 156 valence electrons. The van der Waals surface area contributed by atoms with Crippen LogP contribution in [0, 0.1) is 0 Å². The van der Waals surface area contributed by atoms with Crippen molar-refractivity contribution in [2.45, 2.75) is 19.8 Å². The van der Waals surface area contributed by atoms with E-state index in [0.717, 1.165) is 17.5 Å². The van der Waals surface area contributed by atoms with Crippen LogP contribution in [0.1, 0.15) is 34.8 Å². The number of fused-ring (bicyclic) bond motifs is 2. The number of benzene rings is 2. The van der Waals surface area contributed by atoms with Gasteiger partial charge in [0.25, 0.3) is 0 Å². The van der Waals surface area contributed by atoms with Crippen molar-refractivity contribution in [3.05, 3.63) is 52.7 Å². The van der Waals surface area contributed by atoms with Gasteiger partial charge in [0.1, 0.15) is 0 Å².